The number of aryl methyl sites for hydroxylation is 3. The first-order chi connectivity index (χ1) is 19.9. The highest BCUT2D eigenvalue weighted by Gasteiger charge is 2.33. The number of sulfonamides is 1. The van der Waals surface area contributed by atoms with Gasteiger partial charge in [-0.1, -0.05) is 71.1 Å². The maximum absolute atomic E-state index is 14.2. The normalized spacial score (nSPS) is 14.7. The minimum Gasteiger partial charge on any atom is -0.352 e. The van der Waals surface area contributed by atoms with E-state index in [1.54, 1.807) is 43.3 Å². The fourth-order valence-corrected chi connectivity index (χ4v) is 7.06. The van der Waals surface area contributed by atoms with Crippen molar-refractivity contribution in [3.05, 3.63) is 93.5 Å². The largest absolute Gasteiger partial charge is 0.352 e. The molecular weight excluding hydrogens is 614 g/mol. The number of hydrogen-bond donors (Lipinski definition) is 1. The van der Waals surface area contributed by atoms with Crippen LogP contribution >= 0.6 is 15.9 Å². The van der Waals surface area contributed by atoms with Crippen molar-refractivity contribution in [2.45, 2.75) is 83.3 Å². The molecule has 3 aromatic rings. The first-order valence-corrected chi connectivity index (χ1v) is 16.7. The van der Waals surface area contributed by atoms with Crippen LogP contribution < -0.4 is 9.62 Å². The zero-order chi connectivity index (χ0) is 30.4. The fraction of sp³-hybridized carbons (Fsp3) is 0.394. The quantitative estimate of drug-likeness (QED) is 0.273. The van der Waals surface area contributed by atoms with Gasteiger partial charge in [0.1, 0.15) is 12.6 Å². The molecule has 0 aliphatic heterocycles. The van der Waals surface area contributed by atoms with Crippen molar-refractivity contribution >= 4 is 43.5 Å². The molecule has 0 radical (unpaired) electrons. The summed E-state index contributed by atoms with van der Waals surface area (Å²) >= 11 is 3.45. The van der Waals surface area contributed by atoms with Crippen LogP contribution in [0.2, 0.25) is 0 Å². The summed E-state index contributed by atoms with van der Waals surface area (Å²) in [4.78, 5) is 29.2. The molecule has 0 heterocycles. The first kappa shape index (κ1) is 31.8. The predicted octanol–water partition coefficient (Wildman–Crippen LogP) is 6.44. The Labute approximate surface area is 258 Å². The Morgan fingerprint density at radius 1 is 0.881 bits per heavy atom. The van der Waals surface area contributed by atoms with Crippen molar-refractivity contribution in [1.82, 2.24) is 10.2 Å². The third-order valence-corrected chi connectivity index (χ3v) is 10.1. The number of rotatable bonds is 10. The van der Waals surface area contributed by atoms with Gasteiger partial charge in [-0.15, -0.1) is 0 Å². The van der Waals surface area contributed by atoms with Gasteiger partial charge in [0.05, 0.1) is 10.6 Å². The molecule has 0 aromatic heterocycles. The number of carbonyl (C=O) groups is 2. The second-order valence-electron chi connectivity index (χ2n) is 11.3. The molecule has 1 fully saturated rings. The van der Waals surface area contributed by atoms with Gasteiger partial charge >= 0.3 is 0 Å². The molecule has 1 saturated carbocycles. The van der Waals surface area contributed by atoms with Crippen LogP contribution in [0.15, 0.2) is 76.1 Å². The summed E-state index contributed by atoms with van der Waals surface area (Å²) in [5.74, 6) is -0.689. The number of halogens is 1. The van der Waals surface area contributed by atoms with Gasteiger partial charge in [0.25, 0.3) is 10.0 Å². The Balaban J connectivity index is 1.69. The number of nitrogens with zero attached hydrogens (tertiary/aromatic N) is 2. The number of hydrogen-bond acceptors (Lipinski definition) is 4. The summed E-state index contributed by atoms with van der Waals surface area (Å²) in [5, 5.41) is 3.14. The number of amides is 2. The maximum atomic E-state index is 14.2. The molecule has 0 unspecified atom stereocenters. The minimum absolute atomic E-state index is 0.0898. The molecule has 0 saturated heterocycles. The molecule has 42 heavy (non-hydrogen) atoms. The van der Waals surface area contributed by atoms with E-state index in [-0.39, 0.29) is 23.4 Å². The Kier molecular flexibility index (Phi) is 10.5. The average Bonchev–Trinajstić information content (AvgIpc) is 2.95. The molecule has 0 spiro atoms. The summed E-state index contributed by atoms with van der Waals surface area (Å²) in [5.41, 5.74) is 3.94. The molecule has 0 bridgehead atoms. The van der Waals surface area contributed by atoms with E-state index in [9.17, 15) is 18.0 Å². The van der Waals surface area contributed by atoms with Gasteiger partial charge in [-0.2, -0.15) is 0 Å². The van der Waals surface area contributed by atoms with E-state index in [4.69, 9.17) is 0 Å². The van der Waals surface area contributed by atoms with Crippen LogP contribution in [0, 0.1) is 20.8 Å². The summed E-state index contributed by atoms with van der Waals surface area (Å²) in [6.45, 7) is 7.11. The van der Waals surface area contributed by atoms with Gasteiger partial charge in [-0.3, -0.25) is 13.9 Å². The van der Waals surface area contributed by atoms with Gasteiger partial charge in [0, 0.05) is 17.1 Å². The lowest BCUT2D eigenvalue weighted by Gasteiger charge is -2.33. The second-order valence-corrected chi connectivity index (χ2v) is 14.1. The number of benzene rings is 3. The lowest BCUT2D eigenvalue weighted by molar-refractivity contribution is -0.139. The molecule has 1 N–H and O–H groups in total. The third-order valence-electron chi connectivity index (χ3n) is 7.77. The van der Waals surface area contributed by atoms with Gasteiger partial charge in [0.15, 0.2) is 0 Å². The summed E-state index contributed by atoms with van der Waals surface area (Å²) in [6, 6.07) is 18.9. The van der Waals surface area contributed by atoms with Crippen LogP contribution in [0.5, 0.6) is 0 Å². The molecule has 9 heteroatoms. The van der Waals surface area contributed by atoms with Crippen molar-refractivity contribution in [2.24, 2.45) is 0 Å². The fourth-order valence-electron chi connectivity index (χ4n) is 5.40. The molecule has 4 rings (SSSR count). The number of anilines is 1. The summed E-state index contributed by atoms with van der Waals surface area (Å²) < 4.78 is 30.2. The Hall–Kier alpha value is -3.17. The van der Waals surface area contributed by atoms with Crippen LogP contribution in [-0.2, 0) is 26.2 Å². The van der Waals surface area contributed by atoms with E-state index >= 15 is 0 Å². The monoisotopic (exact) mass is 653 g/mol. The zero-order valence-electron chi connectivity index (χ0n) is 24.8. The highest BCUT2D eigenvalue weighted by Crippen LogP contribution is 2.27. The van der Waals surface area contributed by atoms with E-state index in [2.05, 4.69) is 21.2 Å². The maximum Gasteiger partial charge on any atom is 0.264 e. The molecule has 1 atom stereocenters. The van der Waals surface area contributed by atoms with E-state index in [1.807, 2.05) is 51.1 Å². The summed E-state index contributed by atoms with van der Waals surface area (Å²) in [7, 11) is -4.10. The molecule has 224 valence electrons. The van der Waals surface area contributed by atoms with Crippen molar-refractivity contribution in [3.8, 4) is 0 Å². The molecular formula is C33H40BrN3O4S. The van der Waals surface area contributed by atoms with Crippen LogP contribution in [0.4, 0.5) is 5.69 Å². The van der Waals surface area contributed by atoms with Crippen LogP contribution in [0.3, 0.4) is 0 Å². The standard InChI is InChI=1S/C33H40BrN3O4S/c1-23-10-16-31(17-11-23)42(40,41)37(30-19-24(2)18-25(3)20-30)22-32(38)36(21-27-12-14-28(34)15-13-27)26(4)33(39)35-29-8-6-5-7-9-29/h10-20,26,29H,5-9,21-22H2,1-4H3,(H,35,39)/t26-/m1/s1. The van der Waals surface area contributed by atoms with Crippen molar-refractivity contribution in [3.63, 3.8) is 0 Å². The van der Waals surface area contributed by atoms with Gasteiger partial charge < -0.3 is 10.2 Å². The summed E-state index contributed by atoms with van der Waals surface area (Å²) in [6.07, 6.45) is 5.16. The minimum atomic E-state index is -4.10. The Bertz CT molecular complexity index is 1480. The Morgan fingerprint density at radius 3 is 2.07 bits per heavy atom. The zero-order valence-corrected chi connectivity index (χ0v) is 27.2. The molecule has 2 amide bonds. The number of carbonyl (C=O) groups excluding carboxylic acids is 2. The Morgan fingerprint density at radius 2 is 1.48 bits per heavy atom. The second kappa shape index (κ2) is 13.9. The van der Waals surface area contributed by atoms with E-state index in [0.29, 0.717) is 5.69 Å². The van der Waals surface area contributed by atoms with Crippen molar-refractivity contribution in [2.75, 3.05) is 10.8 Å². The highest BCUT2D eigenvalue weighted by atomic mass is 79.9. The van der Waals surface area contributed by atoms with Crippen LogP contribution in [0.1, 0.15) is 61.3 Å². The SMILES string of the molecule is Cc1ccc(S(=O)(=O)N(CC(=O)N(Cc2ccc(Br)cc2)[C@H](C)C(=O)NC2CCCCC2)c2cc(C)cc(C)c2)cc1. The predicted molar refractivity (Wildman–Crippen MR) is 171 cm³/mol. The molecule has 7 nitrogen and oxygen atoms in total. The smallest absolute Gasteiger partial charge is 0.264 e. The van der Waals surface area contributed by atoms with Crippen LogP contribution in [0.25, 0.3) is 0 Å². The molecule has 1 aliphatic carbocycles. The first-order valence-electron chi connectivity index (χ1n) is 14.5. The third kappa shape index (κ3) is 8.01. The lowest BCUT2D eigenvalue weighted by Crippen LogP contribution is -2.53. The van der Waals surface area contributed by atoms with Crippen LogP contribution in [-0.4, -0.2) is 43.8 Å². The molecule has 1 aliphatic rings. The highest BCUT2D eigenvalue weighted by molar-refractivity contribution is 9.10. The van der Waals surface area contributed by atoms with Gasteiger partial charge in [-0.05, 0) is 93.6 Å². The van der Waals surface area contributed by atoms with E-state index in [0.717, 1.165) is 52.4 Å². The number of nitrogens with one attached hydrogen (secondary N) is 1. The van der Waals surface area contributed by atoms with Crippen molar-refractivity contribution < 1.29 is 18.0 Å². The van der Waals surface area contributed by atoms with Gasteiger partial charge in [0.2, 0.25) is 11.8 Å². The lowest BCUT2D eigenvalue weighted by atomic mass is 9.95. The molecule has 3 aromatic carbocycles. The van der Waals surface area contributed by atoms with Crippen molar-refractivity contribution in [1.29, 1.82) is 0 Å². The van der Waals surface area contributed by atoms with E-state index < -0.39 is 28.5 Å². The average molecular weight is 655 g/mol. The topological polar surface area (TPSA) is 86.8 Å². The van der Waals surface area contributed by atoms with E-state index in [1.165, 1.54) is 15.6 Å². The van der Waals surface area contributed by atoms with Gasteiger partial charge in [-0.25, -0.2) is 8.42 Å².